The van der Waals surface area contributed by atoms with Crippen molar-refractivity contribution in [3.63, 3.8) is 0 Å². The van der Waals surface area contributed by atoms with E-state index in [1.807, 2.05) is 41.1 Å². The molecule has 2 rings (SSSR count). The lowest BCUT2D eigenvalue weighted by molar-refractivity contribution is 1.05. The van der Waals surface area contributed by atoms with Crippen LogP contribution in [-0.2, 0) is 0 Å². The van der Waals surface area contributed by atoms with Crippen LogP contribution in [0.5, 0.6) is 0 Å². The molecule has 0 bridgehead atoms. The largest absolute Gasteiger partial charge is 0.308 e. The molecular weight excluding hydrogens is 240 g/mol. The van der Waals surface area contributed by atoms with Gasteiger partial charge in [-0.2, -0.15) is 5.26 Å². The first kappa shape index (κ1) is 9.04. The second kappa shape index (κ2) is 3.69. The number of hydrogen-bond acceptors (Lipinski definition) is 1. The van der Waals surface area contributed by atoms with Crippen molar-refractivity contribution in [3.8, 4) is 11.8 Å². The first-order valence-corrected chi connectivity index (χ1v) is 4.94. The lowest BCUT2D eigenvalue weighted by Crippen LogP contribution is -1.94. The van der Waals surface area contributed by atoms with Crippen molar-refractivity contribution >= 4 is 15.9 Å². The topological polar surface area (TPSA) is 28.7 Å². The SMILES string of the molecule is N#Cc1cccn1-c1ccc(Br)cc1. The van der Waals surface area contributed by atoms with Crippen molar-refractivity contribution in [2.45, 2.75) is 0 Å². The Hall–Kier alpha value is -1.53. The zero-order valence-electron chi connectivity index (χ0n) is 7.31. The summed E-state index contributed by atoms with van der Waals surface area (Å²) in [6, 6.07) is 13.6. The highest BCUT2D eigenvalue weighted by molar-refractivity contribution is 9.10. The summed E-state index contributed by atoms with van der Waals surface area (Å²) in [4.78, 5) is 0. The highest BCUT2D eigenvalue weighted by Gasteiger charge is 2.00. The molecule has 1 aromatic heterocycles. The number of benzene rings is 1. The first-order valence-electron chi connectivity index (χ1n) is 4.14. The molecular formula is C11H7BrN2. The molecule has 0 radical (unpaired) electrons. The van der Waals surface area contributed by atoms with Crippen molar-refractivity contribution in [1.29, 1.82) is 5.26 Å². The summed E-state index contributed by atoms with van der Waals surface area (Å²) in [6.07, 6.45) is 1.88. The van der Waals surface area contributed by atoms with Crippen LogP contribution in [-0.4, -0.2) is 4.57 Å². The van der Waals surface area contributed by atoms with E-state index in [-0.39, 0.29) is 0 Å². The van der Waals surface area contributed by atoms with Gasteiger partial charge in [0.15, 0.2) is 0 Å². The van der Waals surface area contributed by atoms with Gasteiger partial charge in [-0.05, 0) is 36.4 Å². The molecule has 0 aliphatic carbocycles. The molecule has 14 heavy (non-hydrogen) atoms. The average Bonchev–Trinajstić information content (AvgIpc) is 2.67. The molecule has 0 aliphatic rings. The van der Waals surface area contributed by atoms with Crippen molar-refractivity contribution in [1.82, 2.24) is 4.57 Å². The number of rotatable bonds is 1. The van der Waals surface area contributed by atoms with Gasteiger partial charge < -0.3 is 4.57 Å². The van der Waals surface area contributed by atoms with Crippen LogP contribution in [0.3, 0.4) is 0 Å². The third kappa shape index (κ3) is 1.57. The maximum atomic E-state index is 8.84. The van der Waals surface area contributed by atoms with E-state index in [9.17, 15) is 0 Å². The molecule has 3 heteroatoms. The van der Waals surface area contributed by atoms with E-state index in [1.54, 1.807) is 6.07 Å². The van der Waals surface area contributed by atoms with E-state index in [1.165, 1.54) is 0 Å². The molecule has 0 unspecified atom stereocenters. The predicted octanol–water partition coefficient (Wildman–Crippen LogP) is 3.11. The van der Waals surface area contributed by atoms with Crippen molar-refractivity contribution in [2.75, 3.05) is 0 Å². The minimum atomic E-state index is 0.646. The smallest absolute Gasteiger partial charge is 0.124 e. The molecule has 0 fully saturated rings. The van der Waals surface area contributed by atoms with Gasteiger partial charge in [0.2, 0.25) is 0 Å². The van der Waals surface area contributed by atoms with Gasteiger partial charge >= 0.3 is 0 Å². The Morgan fingerprint density at radius 1 is 1.14 bits per heavy atom. The van der Waals surface area contributed by atoms with Crippen molar-refractivity contribution in [2.24, 2.45) is 0 Å². The maximum absolute atomic E-state index is 8.84. The monoisotopic (exact) mass is 246 g/mol. The number of hydrogen-bond donors (Lipinski definition) is 0. The Kier molecular flexibility index (Phi) is 2.38. The van der Waals surface area contributed by atoms with Crippen LogP contribution >= 0.6 is 15.9 Å². The summed E-state index contributed by atoms with van der Waals surface area (Å²) in [6.45, 7) is 0. The van der Waals surface area contributed by atoms with E-state index in [4.69, 9.17) is 5.26 Å². The Bertz CT molecular complexity index is 477. The molecule has 0 N–H and O–H groups in total. The summed E-state index contributed by atoms with van der Waals surface area (Å²) < 4.78 is 2.89. The molecule has 0 aliphatic heterocycles. The molecule has 1 aromatic carbocycles. The van der Waals surface area contributed by atoms with Crippen LogP contribution in [0.25, 0.3) is 5.69 Å². The summed E-state index contributed by atoms with van der Waals surface area (Å²) in [7, 11) is 0. The number of halogens is 1. The van der Waals surface area contributed by atoms with E-state index < -0.39 is 0 Å². The zero-order chi connectivity index (χ0) is 9.97. The normalized spacial score (nSPS) is 9.71. The average molecular weight is 247 g/mol. The number of nitriles is 1. The lowest BCUT2D eigenvalue weighted by atomic mass is 10.3. The molecule has 0 amide bonds. The van der Waals surface area contributed by atoms with E-state index in [0.717, 1.165) is 10.2 Å². The van der Waals surface area contributed by atoms with E-state index >= 15 is 0 Å². The van der Waals surface area contributed by atoms with Crippen LogP contribution in [0.15, 0.2) is 47.1 Å². The van der Waals surface area contributed by atoms with E-state index in [2.05, 4.69) is 22.0 Å². The van der Waals surface area contributed by atoms with Crippen molar-refractivity contribution in [3.05, 3.63) is 52.8 Å². The molecule has 0 spiro atoms. The third-order valence-corrected chi connectivity index (χ3v) is 2.50. The number of aromatic nitrogens is 1. The third-order valence-electron chi connectivity index (χ3n) is 1.97. The summed E-state index contributed by atoms with van der Waals surface area (Å²) in [5.74, 6) is 0. The van der Waals surface area contributed by atoms with Crippen LogP contribution in [0.4, 0.5) is 0 Å². The fourth-order valence-electron chi connectivity index (χ4n) is 1.30. The van der Waals surface area contributed by atoms with Gasteiger partial charge in [0.05, 0.1) is 0 Å². The van der Waals surface area contributed by atoms with Gasteiger partial charge in [-0.25, -0.2) is 0 Å². The highest BCUT2D eigenvalue weighted by Crippen LogP contribution is 2.15. The van der Waals surface area contributed by atoms with Gasteiger partial charge in [0, 0.05) is 16.4 Å². The quantitative estimate of drug-likeness (QED) is 0.761. The van der Waals surface area contributed by atoms with Gasteiger partial charge in [0.1, 0.15) is 11.8 Å². The van der Waals surface area contributed by atoms with Crippen LogP contribution < -0.4 is 0 Å². The fraction of sp³-hybridized carbons (Fsp3) is 0. The molecule has 2 aromatic rings. The van der Waals surface area contributed by atoms with Gasteiger partial charge in [0.25, 0.3) is 0 Å². The van der Waals surface area contributed by atoms with Gasteiger partial charge in [-0.1, -0.05) is 15.9 Å². The minimum absolute atomic E-state index is 0.646. The molecule has 1 heterocycles. The molecule has 0 atom stereocenters. The fourth-order valence-corrected chi connectivity index (χ4v) is 1.56. The standard InChI is InChI=1S/C11H7BrN2/c12-9-3-5-10(6-4-9)14-7-1-2-11(14)8-13/h1-7H. The molecule has 68 valence electrons. The lowest BCUT2D eigenvalue weighted by Gasteiger charge is -2.03. The van der Waals surface area contributed by atoms with Crippen LogP contribution in [0, 0.1) is 11.3 Å². The van der Waals surface area contributed by atoms with Crippen LogP contribution in [0.1, 0.15) is 5.69 Å². The Morgan fingerprint density at radius 2 is 1.86 bits per heavy atom. The zero-order valence-corrected chi connectivity index (χ0v) is 8.90. The predicted molar refractivity (Wildman–Crippen MR) is 58.2 cm³/mol. The van der Waals surface area contributed by atoms with Crippen molar-refractivity contribution < 1.29 is 0 Å². The second-order valence-corrected chi connectivity index (χ2v) is 3.77. The van der Waals surface area contributed by atoms with E-state index in [0.29, 0.717) is 5.69 Å². The van der Waals surface area contributed by atoms with Gasteiger partial charge in [-0.3, -0.25) is 0 Å². The Balaban J connectivity index is 2.50. The minimum Gasteiger partial charge on any atom is -0.308 e. The van der Waals surface area contributed by atoms with Gasteiger partial charge in [-0.15, -0.1) is 0 Å². The highest BCUT2D eigenvalue weighted by atomic mass is 79.9. The molecule has 0 saturated carbocycles. The Labute approximate surface area is 90.5 Å². The molecule has 0 saturated heterocycles. The molecule has 2 nitrogen and oxygen atoms in total. The Morgan fingerprint density at radius 3 is 2.50 bits per heavy atom. The second-order valence-electron chi connectivity index (χ2n) is 2.85. The maximum Gasteiger partial charge on any atom is 0.124 e. The number of nitrogens with zero attached hydrogens (tertiary/aromatic N) is 2. The summed E-state index contributed by atoms with van der Waals surface area (Å²) in [5, 5.41) is 8.84. The van der Waals surface area contributed by atoms with Crippen LogP contribution in [0.2, 0.25) is 0 Å². The first-order chi connectivity index (χ1) is 6.81. The summed E-state index contributed by atoms with van der Waals surface area (Å²) in [5.41, 5.74) is 1.64. The summed E-state index contributed by atoms with van der Waals surface area (Å²) >= 11 is 3.37.